The summed E-state index contributed by atoms with van der Waals surface area (Å²) in [5, 5.41) is 21.0. The third-order valence-electron chi connectivity index (χ3n) is 5.49. The Bertz CT molecular complexity index is 1810. The molecule has 36 heavy (non-hydrogen) atoms. The van der Waals surface area contributed by atoms with Gasteiger partial charge in [0.15, 0.2) is 5.65 Å². The van der Waals surface area contributed by atoms with E-state index < -0.39 is 14.9 Å². The highest BCUT2D eigenvalue weighted by Gasteiger charge is 2.27. The number of anilines is 1. The molecule has 0 aliphatic rings. The monoisotopic (exact) mass is 500 g/mol. The van der Waals surface area contributed by atoms with Crippen LogP contribution >= 0.6 is 0 Å². The van der Waals surface area contributed by atoms with Gasteiger partial charge in [0.05, 0.1) is 33.6 Å². The first kappa shape index (κ1) is 22.8. The van der Waals surface area contributed by atoms with Gasteiger partial charge in [-0.25, -0.2) is 18.4 Å². The largest absolute Gasteiger partial charge is 0.495 e. The Kier molecular flexibility index (Phi) is 5.46. The van der Waals surface area contributed by atoms with Gasteiger partial charge in [0.25, 0.3) is 15.7 Å². The molecule has 0 unspecified atom stereocenters. The van der Waals surface area contributed by atoms with Crippen LogP contribution in [-0.2, 0) is 10.0 Å². The van der Waals surface area contributed by atoms with Crippen LogP contribution in [0.25, 0.3) is 27.9 Å². The molecule has 0 atom stereocenters. The molecule has 3 aromatic carbocycles. The Morgan fingerprint density at radius 2 is 1.64 bits per heavy atom. The number of nitro groups is 1. The summed E-state index contributed by atoms with van der Waals surface area (Å²) in [7, 11) is -2.80. The number of ether oxygens (including phenoxy) is 1. The van der Waals surface area contributed by atoms with Gasteiger partial charge in [-0.05, 0) is 36.4 Å². The first-order valence-electron chi connectivity index (χ1n) is 10.5. The van der Waals surface area contributed by atoms with E-state index in [4.69, 9.17) is 4.74 Å². The van der Waals surface area contributed by atoms with Crippen molar-refractivity contribution in [1.29, 1.82) is 5.26 Å². The number of hydrogen-bond acceptors (Lipinski definition) is 8. The molecule has 1 N–H and O–H groups in total. The quantitative estimate of drug-likeness (QED) is 0.269. The minimum absolute atomic E-state index is 0.0420. The number of non-ortho nitro benzene ring substituents is 1. The molecule has 0 spiro atoms. The summed E-state index contributed by atoms with van der Waals surface area (Å²) in [5.74, 6) is 0.315. The molecule has 5 aromatic rings. The lowest BCUT2D eigenvalue weighted by Gasteiger charge is -2.15. The van der Waals surface area contributed by atoms with E-state index in [9.17, 15) is 23.8 Å². The molecule has 12 heteroatoms. The zero-order chi connectivity index (χ0) is 25.4. The van der Waals surface area contributed by atoms with Gasteiger partial charge in [-0.2, -0.15) is 5.26 Å². The molecule has 0 saturated heterocycles. The van der Waals surface area contributed by atoms with E-state index in [-0.39, 0.29) is 33.1 Å². The molecule has 0 fully saturated rings. The lowest BCUT2D eigenvalue weighted by atomic mass is 10.2. The highest BCUT2D eigenvalue weighted by Crippen LogP contribution is 2.36. The van der Waals surface area contributed by atoms with Gasteiger partial charge in [0, 0.05) is 12.1 Å². The minimum Gasteiger partial charge on any atom is -0.495 e. The van der Waals surface area contributed by atoms with Crippen molar-refractivity contribution < 1.29 is 18.1 Å². The number of rotatable bonds is 6. The van der Waals surface area contributed by atoms with Gasteiger partial charge in [0.1, 0.15) is 28.7 Å². The second kappa shape index (κ2) is 8.64. The predicted molar refractivity (Wildman–Crippen MR) is 132 cm³/mol. The van der Waals surface area contributed by atoms with Crippen LogP contribution in [0.15, 0.2) is 77.7 Å². The fourth-order valence-electron chi connectivity index (χ4n) is 3.83. The Balaban J connectivity index is 1.80. The molecule has 0 amide bonds. The fourth-order valence-corrected chi connectivity index (χ4v) is 4.89. The number of methoxy groups -OCH3 is 1. The zero-order valence-electron chi connectivity index (χ0n) is 18.6. The third kappa shape index (κ3) is 3.73. The zero-order valence-corrected chi connectivity index (χ0v) is 19.4. The van der Waals surface area contributed by atoms with Gasteiger partial charge < -0.3 is 4.74 Å². The highest BCUT2D eigenvalue weighted by molar-refractivity contribution is 7.92. The number of benzene rings is 3. The summed E-state index contributed by atoms with van der Waals surface area (Å²) in [4.78, 5) is 19.4. The second-order valence-corrected chi connectivity index (χ2v) is 9.27. The predicted octanol–water partition coefficient (Wildman–Crippen LogP) is 4.16. The SMILES string of the molecule is COc1ccccc1-n1c(NS(=O)(=O)c2ccc([N+](=O)[O-])cc2)c(C#N)c2nc3ccccc3nc21. The van der Waals surface area contributed by atoms with Crippen LogP contribution < -0.4 is 9.46 Å². The second-order valence-electron chi connectivity index (χ2n) is 7.58. The van der Waals surface area contributed by atoms with Crippen molar-refractivity contribution in [3.8, 4) is 17.5 Å². The van der Waals surface area contributed by atoms with Crippen molar-refractivity contribution in [2.75, 3.05) is 11.8 Å². The number of nitriles is 1. The molecule has 2 heterocycles. The van der Waals surface area contributed by atoms with Crippen LogP contribution in [0.4, 0.5) is 11.5 Å². The minimum atomic E-state index is -4.27. The number of para-hydroxylation sites is 4. The average Bonchev–Trinajstić information content (AvgIpc) is 3.18. The van der Waals surface area contributed by atoms with Gasteiger partial charge >= 0.3 is 0 Å². The van der Waals surface area contributed by atoms with Crippen molar-refractivity contribution in [3.63, 3.8) is 0 Å². The topological polar surface area (TPSA) is 153 Å². The molecular formula is C24H16N6O5S. The summed E-state index contributed by atoms with van der Waals surface area (Å²) >= 11 is 0. The van der Waals surface area contributed by atoms with Crippen LogP contribution in [-0.4, -0.2) is 35.0 Å². The van der Waals surface area contributed by atoms with Crippen molar-refractivity contribution in [1.82, 2.24) is 14.5 Å². The number of hydrogen-bond donors (Lipinski definition) is 1. The van der Waals surface area contributed by atoms with E-state index in [2.05, 4.69) is 14.7 Å². The van der Waals surface area contributed by atoms with Gasteiger partial charge in [-0.3, -0.25) is 19.4 Å². The molecule has 11 nitrogen and oxygen atoms in total. The number of aromatic nitrogens is 3. The summed E-state index contributed by atoms with van der Waals surface area (Å²) in [6.45, 7) is 0. The van der Waals surface area contributed by atoms with Crippen molar-refractivity contribution in [3.05, 3.63) is 88.5 Å². The van der Waals surface area contributed by atoms with Crippen LogP contribution in [0.1, 0.15) is 5.56 Å². The van der Waals surface area contributed by atoms with Crippen LogP contribution in [0.2, 0.25) is 0 Å². The van der Waals surface area contributed by atoms with E-state index in [0.717, 1.165) is 24.3 Å². The number of sulfonamides is 1. The Morgan fingerprint density at radius 1 is 1.00 bits per heavy atom. The molecule has 0 aliphatic carbocycles. The average molecular weight is 500 g/mol. The van der Waals surface area contributed by atoms with Gasteiger partial charge in [-0.15, -0.1) is 0 Å². The molecule has 178 valence electrons. The Labute approximate surface area is 204 Å². The Hall–Kier alpha value is -5.02. The maximum Gasteiger partial charge on any atom is 0.269 e. The normalized spacial score (nSPS) is 11.3. The van der Waals surface area contributed by atoms with Crippen LogP contribution in [0.5, 0.6) is 5.75 Å². The van der Waals surface area contributed by atoms with E-state index in [0.29, 0.717) is 22.5 Å². The molecule has 0 radical (unpaired) electrons. The standard InChI is InChI=1S/C24H16N6O5S/c1-35-21-9-5-4-8-20(21)29-23(28-36(33,34)16-12-10-15(11-13-16)30(31)32)17(14-25)22-24(29)27-19-7-3-2-6-18(19)26-22/h2-13,28H,1H3. The maximum absolute atomic E-state index is 13.3. The summed E-state index contributed by atoms with van der Waals surface area (Å²) < 4.78 is 36.1. The summed E-state index contributed by atoms with van der Waals surface area (Å²) in [6, 6.07) is 20.4. The lowest BCUT2D eigenvalue weighted by molar-refractivity contribution is -0.384. The van der Waals surface area contributed by atoms with E-state index in [1.54, 1.807) is 48.5 Å². The number of nitrogens with one attached hydrogen (secondary N) is 1. The number of nitro benzene ring substituents is 1. The fraction of sp³-hybridized carbons (Fsp3) is 0.0417. The first-order chi connectivity index (χ1) is 17.3. The van der Waals surface area contributed by atoms with Gasteiger partial charge in [-0.1, -0.05) is 24.3 Å². The molecule has 0 aliphatic heterocycles. The lowest BCUT2D eigenvalue weighted by Crippen LogP contribution is -2.16. The van der Waals surface area contributed by atoms with Crippen molar-refractivity contribution in [2.45, 2.75) is 4.90 Å². The molecule has 0 bridgehead atoms. The first-order valence-corrected chi connectivity index (χ1v) is 11.9. The summed E-state index contributed by atoms with van der Waals surface area (Å²) in [6.07, 6.45) is 0. The molecule has 0 saturated carbocycles. The van der Waals surface area contributed by atoms with Crippen molar-refractivity contribution >= 4 is 43.7 Å². The van der Waals surface area contributed by atoms with E-state index in [1.165, 1.54) is 11.7 Å². The maximum atomic E-state index is 13.3. The van der Waals surface area contributed by atoms with E-state index in [1.807, 2.05) is 6.07 Å². The number of fused-ring (bicyclic) bond motifs is 2. The number of nitrogens with zero attached hydrogens (tertiary/aromatic N) is 5. The third-order valence-corrected chi connectivity index (χ3v) is 6.84. The molecular weight excluding hydrogens is 484 g/mol. The van der Waals surface area contributed by atoms with Crippen LogP contribution in [0.3, 0.4) is 0 Å². The molecule has 5 rings (SSSR count). The van der Waals surface area contributed by atoms with E-state index >= 15 is 0 Å². The smallest absolute Gasteiger partial charge is 0.269 e. The Morgan fingerprint density at radius 3 is 2.28 bits per heavy atom. The van der Waals surface area contributed by atoms with Crippen LogP contribution in [0, 0.1) is 21.4 Å². The van der Waals surface area contributed by atoms with Gasteiger partial charge in [0.2, 0.25) is 0 Å². The highest BCUT2D eigenvalue weighted by atomic mass is 32.2. The summed E-state index contributed by atoms with van der Waals surface area (Å²) in [5.41, 5.74) is 1.66. The molecule has 2 aromatic heterocycles. The van der Waals surface area contributed by atoms with Crippen molar-refractivity contribution in [2.24, 2.45) is 0 Å².